The quantitative estimate of drug-likeness (QED) is 0.879. The summed E-state index contributed by atoms with van der Waals surface area (Å²) in [4.78, 5) is 14.7. The molecule has 94 valence electrons. The van der Waals surface area contributed by atoms with Gasteiger partial charge in [0, 0.05) is 14.9 Å². The maximum Gasteiger partial charge on any atom is 0.309 e. The molecule has 0 fully saturated rings. The maximum absolute atomic E-state index is 10.6. The molecular formula is C11H8BrClN2O2S. The van der Waals surface area contributed by atoms with E-state index in [4.69, 9.17) is 16.7 Å². The van der Waals surface area contributed by atoms with Crippen molar-refractivity contribution in [2.45, 2.75) is 6.42 Å². The number of carboxylic acid groups (broad SMARTS) is 1. The molecule has 2 rings (SSSR count). The van der Waals surface area contributed by atoms with Crippen LogP contribution in [-0.4, -0.2) is 16.1 Å². The van der Waals surface area contributed by atoms with Crippen LogP contribution in [0.4, 0.5) is 10.8 Å². The average Bonchev–Trinajstić information content (AvgIpc) is 2.70. The van der Waals surface area contributed by atoms with E-state index in [9.17, 15) is 4.79 Å². The SMILES string of the molecule is O=C(O)Cc1csc(Nc2cc(Cl)ccc2Br)n1. The lowest BCUT2D eigenvalue weighted by Gasteiger charge is -2.05. The molecule has 2 N–H and O–H groups in total. The van der Waals surface area contributed by atoms with Crippen molar-refractivity contribution in [1.29, 1.82) is 0 Å². The number of aliphatic carboxylic acids is 1. The standard InChI is InChI=1S/C11H8BrClN2O2S/c12-8-2-1-6(13)3-9(8)15-11-14-7(5-18-11)4-10(16)17/h1-3,5H,4H2,(H,14,15)(H,16,17). The summed E-state index contributed by atoms with van der Waals surface area (Å²) in [6, 6.07) is 5.37. The molecule has 0 saturated heterocycles. The van der Waals surface area contributed by atoms with Crippen molar-refractivity contribution in [3.05, 3.63) is 38.8 Å². The Kier molecular flexibility index (Phi) is 4.21. The van der Waals surface area contributed by atoms with E-state index in [1.54, 1.807) is 17.5 Å². The molecule has 0 spiro atoms. The van der Waals surface area contributed by atoms with Crippen molar-refractivity contribution in [3.8, 4) is 0 Å². The Labute approximate surface area is 121 Å². The van der Waals surface area contributed by atoms with E-state index in [1.165, 1.54) is 11.3 Å². The Morgan fingerprint density at radius 1 is 1.56 bits per heavy atom. The van der Waals surface area contributed by atoms with Crippen molar-refractivity contribution >= 4 is 55.7 Å². The Hall–Kier alpha value is -1.11. The average molecular weight is 348 g/mol. The van der Waals surface area contributed by atoms with Crippen molar-refractivity contribution in [2.75, 3.05) is 5.32 Å². The molecule has 0 aliphatic rings. The molecule has 2 aromatic rings. The predicted molar refractivity (Wildman–Crippen MR) is 75.9 cm³/mol. The van der Waals surface area contributed by atoms with Gasteiger partial charge in [-0.15, -0.1) is 11.3 Å². The number of carboxylic acids is 1. The molecule has 0 bridgehead atoms. The molecule has 4 nitrogen and oxygen atoms in total. The van der Waals surface area contributed by atoms with Crippen molar-refractivity contribution < 1.29 is 9.90 Å². The minimum Gasteiger partial charge on any atom is -0.481 e. The third kappa shape index (κ3) is 3.44. The van der Waals surface area contributed by atoms with Crippen LogP contribution in [-0.2, 0) is 11.2 Å². The van der Waals surface area contributed by atoms with Gasteiger partial charge in [-0.1, -0.05) is 11.6 Å². The smallest absolute Gasteiger partial charge is 0.309 e. The van der Waals surface area contributed by atoms with Gasteiger partial charge in [-0.25, -0.2) is 4.98 Å². The molecule has 18 heavy (non-hydrogen) atoms. The normalized spacial score (nSPS) is 10.3. The maximum atomic E-state index is 10.6. The largest absolute Gasteiger partial charge is 0.481 e. The van der Waals surface area contributed by atoms with E-state index in [-0.39, 0.29) is 6.42 Å². The van der Waals surface area contributed by atoms with Gasteiger partial charge in [0.25, 0.3) is 0 Å². The second-order valence-corrected chi connectivity index (χ2v) is 5.61. The molecule has 1 heterocycles. The number of hydrogen-bond donors (Lipinski definition) is 2. The van der Waals surface area contributed by atoms with Crippen LogP contribution in [0.1, 0.15) is 5.69 Å². The number of benzene rings is 1. The topological polar surface area (TPSA) is 62.2 Å². The predicted octanol–water partition coefficient (Wildman–Crippen LogP) is 3.93. The molecule has 0 aliphatic heterocycles. The second kappa shape index (κ2) is 5.69. The zero-order valence-electron chi connectivity index (χ0n) is 8.98. The fraction of sp³-hybridized carbons (Fsp3) is 0.0909. The summed E-state index contributed by atoms with van der Waals surface area (Å²) in [7, 11) is 0. The first kappa shape index (κ1) is 13.3. The van der Waals surface area contributed by atoms with Crippen molar-refractivity contribution in [2.24, 2.45) is 0 Å². The molecule has 0 aliphatic carbocycles. The fourth-order valence-corrected chi connectivity index (χ4v) is 2.55. The number of aromatic nitrogens is 1. The summed E-state index contributed by atoms with van der Waals surface area (Å²) in [5, 5.41) is 14.7. The number of halogens is 2. The van der Waals surface area contributed by atoms with Gasteiger partial charge in [-0.2, -0.15) is 0 Å². The van der Waals surface area contributed by atoms with Crippen LogP contribution in [0.15, 0.2) is 28.1 Å². The van der Waals surface area contributed by atoms with Crippen molar-refractivity contribution in [1.82, 2.24) is 4.98 Å². The number of rotatable bonds is 4. The van der Waals surface area contributed by atoms with Crippen molar-refractivity contribution in [3.63, 3.8) is 0 Å². The summed E-state index contributed by atoms with van der Waals surface area (Å²) in [6.45, 7) is 0. The van der Waals surface area contributed by atoms with E-state index < -0.39 is 5.97 Å². The van der Waals surface area contributed by atoms with Crippen LogP contribution in [0.5, 0.6) is 0 Å². The monoisotopic (exact) mass is 346 g/mol. The zero-order valence-corrected chi connectivity index (χ0v) is 12.1. The Balaban J connectivity index is 2.16. The molecule has 1 aromatic heterocycles. The lowest BCUT2D eigenvalue weighted by molar-refractivity contribution is -0.136. The number of carbonyl (C=O) groups is 1. The summed E-state index contributed by atoms with van der Waals surface area (Å²) in [6.07, 6.45) is -0.0745. The molecule has 0 radical (unpaired) electrons. The lowest BCUT2D eigenvalue weighted by Crippen LogP contribution is -2.00. The number of hydrogen-bond acceptors (Lipinski definition) is 4. The summed E-state index contributed by atoms with van der Waals surface area (Å²) in [5.74, 6) is -0.893. The Morgan fingerprint density at radius 3 is 3.06 bits per heavy atom. The van der Waals surface area contributed by atoms with E-state index in [0.717, 1.165) is 10.2 Å². The summed E-state index contributed by atoms with van der Waals surface area (Å²) in [5.41, 5.74) is 1.33. The van der Waals surface area contributed by atoms with Crippen LogP contribution in [0.25, 0.3) is 0 Å². The molecule has 0 saturated carbocycles. The molecule has 0 atom stereocenters. The first-order valence-corrected chi connectivity index (χ1v) is 6.98. The van der Waals surface area contributed by atoms with E-state index in [2.05, 4.69) is 26.2 Å². The van der Waals surface area contributed by atoms with Gasteiger partial charge in [0.2, 0.25) is 0 Å². The minimum atomic E-state index is -0.893. The number of thiazole rings is 1. The highest BCUT2D eigenvalue weighted by Gasteiger charge is 2.08. The zero-order chi connectivity index (χ0) is 13.1. The van der Waals surface area contributed by atoms with Crippen LogP contribution < -0.4 is 5.32 Å². The first-order valence-electron chi connectivity index (χ1n) is 4.93. The number of nitrogens with zero attached hydrogens (tertiary/aromatic N) is 1. The van der Waals surface area contributed by atoms with Gasteiger partial charge in [0.15, 0.2) is 5.13 Å². The third-order valence-corrected chi connectivity index (χ3v) is 3.79. The third-order valence-electron chi connectivity index (χ3n) is 2.05. The fourth-order valence-electron chi connectivity index (χ4n) is 1.31. The molecule has 7 heteroatoms. The van der Waals surface area contributed by atoms with Gasteiger partial charge < -0.3 is 10.4 Å². The minimum absolute atomic E-state index is 0.0745. The second-order valence-electron chi connectivity index (χ2n) is 3.46. The highest BCUT2D eigenvalue weighted by atomic mass is 79.9. The van der Waals surface area contributed by atoms with E-state index >= 15 is 0 Å². The van der Waals surface area contributed by atoms with E-state index in [0.29, 0.717) is 15.8 Å². The Bertz CT molecular complexity index is 588. The highest BCUT2D eigenvalue weighted by molar-refractivity contribution is 9.10. The Morgan fingerprint density at radius 2 is 2.33 bits per heavy atom. The molecule has 0 amide bonds. The van der Waals surface area contributed by atoms with Crippen LogP contribution in [0.2, 0.25) is 5.02 Å². The number of nitrogens with one attached hydrogen (secondary N) is 1. The van der Waals surface area contributed by atoms with Gasteiger partial charge in [0.05, 0.1) is 17.8 Å². The van der Waals surface area contributed by atoms with Gasteiger partial charge in [-0.05, 0) is 34.1 Å². The van der Waals surface area contributed by atoms with Gasteiger partial charge in [-0.3, -0.25) is 4.79 Å². The first-order chi connectivity index (χ1) is 8.54. The van der Waals surface area contributed by atoms with Gasteiger partial charge in [0.1, 0.15) is 0 Å². The van der Waals surface area contributed by atoms with Gasteiger partial charge >= 0.3 is 5.97 Å². The molecule has 0 unspecified atom stereocenters. The lowest BCUT2D eigenvalue weighted by atomic mass is 10.3. The summed E-state index contributed by atoms with van der Waals surface area (Å²) < 4.78 is 0.863. The number of anilines is 2. The molecule has 1 aromatic carbocycles. The van der Waals surface area contributed by atoms with Crippen LogP contribution in [0.3, 0.4) is 0 Å². The van der Waals surface area contributed by atoms with E-state index in [1.807, 2.05) is 6.07 Å². The van der Waals surface area contributed by atoms with Crippen LogP contribution in [0, 0.1) is 0 Å². The van der Waals surface area contributed by atoms with Crippen LogP contribution >= 0.6 is 38.9 Å². The summed E-state index contributed by atoms with van der Waals surface area (Å²) >= 11 is 10.6. The highest BCUT2D eigenvalue weighted by Crippen LogP contribution is 2.30. The molecular weight excluding hydrogens is 340 g/mol.